The first-order valence-corrected chi connectivity index (χ1v) is 10.2. The van der Waals surface area contributed by atoms with Crippen molar-refractivity contribution in [2.45, 2.75) is 26.4 Å². The van der Waals surface area contributed by atoms with Crippen LogP contribution >= 0.6 is 24.0 Å². The normalized spacial score (nSPS) is 16.8. The number of amides is 2. The third-order valence-electron chi connectivity index (χ3n) is 5.05. The second-order valence-corrected chi connectivity index (χ2v) is 7.92. The van der Waals surface area contributed by atoms with E-state index < -0.39 is 0 Å². The van der Waals surface area contributed by atoms with Gasteiger partial charge in [-0.15, -0.1) is 12.4 Å². The lowest BCUT2D eigenvalue weighted by atomic mass is 10.1. The molecule has 2 aromatic carbocycles. The highest BCUT2D eigenvalue weighted by atomic mass is 35.5. The van der Waals surface area contributed by atoms with Crippen molar-refractivity contribution in [1.82, 2.24) is 9.80 Å². The zero-order chi connectivity index (χ0) is 21.7. The van der Waals surface area contributed by atoms with Gasteiger partial charge in [0.05, 0.1) is 0 Å². The van der Waals surface area contributed by atoms with E-state index in [1.165, 1.54) is 25.1 Å². The van der Waals surface area contributed by atoms with Gasteiger partial charge in [-0.2, -0.15) is 0 Å². The minimum Gasteiger partial charge on any atom is -0.334 e. The summed E-state index contributed by atoms with van der Waals surface area (Å²) in [5.74, 6) is -0.520. The molecule has 1 aliphatic rings. The van der Waals surface area contributed by atoms with Crippen LogP contribution in [0.15, 0.2) is 48.5 Å². The molecule has 0 aliphatic carbocycles. The lowest BCUT2D eigenvalue weighted by Crippen LogP contribution is -2.53. The van der Waals surface area contributed by atoms with Gasteiger partial charge in [0.1, 0.15) is 5.82 Å². The highest BCUT2D eigenvalue weighted by molar-refractivity contribution is 6.31. The molecule has 0 bridgehead atoms. The monoisotopic (exact) mass is 465 g/mol. The summed E-state index contributed by atoms with van der Waals surface area (Å²) < 4.78 is 13.1. The van der Waals surface area contributed by atoms with Crippen LogP contribution in [-0.4, -0.2) is 47.3 Å². The van der Waals surface area contributed by atoms with E-state index in [0.717, 1.165) is 25.2 Å². The maximum atomic E-state index is 13.1. The number of rotatable bonds is 5. The summed E-state index contributed by atoms with van der Waals surface area (Å²) in [5, 5.41) is 3.24. The third kappa shape index (κ3) is 7.06. The third-order valence-corrected chi connectivity index (χ3v) is 5.28. The van der Waals surface area contributed by atoms with Gasteiger partial charge in [0.2, 0.25) is 11.8 Å². The van der Waals surface area contributed by atoms with Crippen molar-refractivity contribution in [1.29, 1.82) is 0 Å². The second kappa shape index (κ2) is 11.3. The SMILES string of the molecule is CC(=O)Nc1cc(Cl)ccc1C=CC(=O)N1CCN(Cc2ccc(F)cc2)C[C@H]1C.Cl. The molecule has 3 rings (SSSR count). The van der Waals surface area contributed by atoms with Gasteiger partial charge in [-0.05, 0) is 48.4 Å². The number of hydrogen-bond donors (Lipinski definition) is 1. The Morgan fingerprint density at radius 1 is 1.19 bits per heavy atom. The molecule has 1 fully saturated rings. The van der Waals surface area contributed by atoms with Gasteiger partial charge in [0.25, 0.3) is 0 Å². The van der Waals surface area contributed by atoms with Crippen LogP contribution in [0.5, 0.6) is 0 Å². The summed E-state index contributed by atoms with van der Waals surface area (Å²) in [6.45, 7) is 6.28. The molecule has 1 heterocycles. The van der Waals surface area contributed by atoms with Gasteiger partial charge in [-0.1, -0.05) is 29.8 Å². The molecule has 0 radical (unpaired) electrons. The van der Waals surface area contributed by atoms with E-state index in [1.807, 2.05) is 11.8 Å². The highest BCUT2D eigenvalue weighted by Gasteiger charge is 2.26. The van der Waals surface area contributed by atoms with Gasteiger partial charge >= 0.3 is 0 Å². The summed E-state index contributed by atoms with van der Waals surface area (Å²) >= 11 is 6.01. The quantitative estimate of drug-likeness (QED) is 0.656. The minimum atomic E-state index is -0.239. The van der Waals surface area contributed by atoms with E-state index in [1.54, 1.807) is 36.4 Å². The Kier molecular flexibility index (Phi) is 9.04. The van der Waals surface area contributed by atoms with Crippen LogP contribution in [0.3, 0.4) is 0 Å². The van der Waals surface area contributed by atoms with Gasteiger partial charge < -0.3 is 10.2 Å². The fourth-order valence-electron chi connectivity index (χ4n) is 3.58. The molecule has 0 unspecified atom stereocenters. The Hall–Kier alpha value is -2.41. The predicted octanol–water partition coefficient (Wildman–Crippen LogP) is 4.61. The van der Waals surface area contributed by atoms with Gasteiger partial charge in [0, 0.05) is 55.9 Å². The Bertz CT molecular complexity index is 950. The predicted molar refractivity (Wildman–Crippen MR) is 125 cm³/mol. The van der Waals surface area contributed by atoms with Crippen molar-refractivity contribution in [3.8, 4) is 0 Å². The fraction of sp³-hybridized carbons (Fsp3) is 0.304. The molecule has 2 aromatic rings. The van der Waals surface area contributed by atoms with Gasteiger partial charge in [0.15, 0.2) is 0 Å². The standard InChI is InChI=1S/C23H25ClFN3O2.ClH/c1-16-14-27(15-18-3-8-21(25)9-4-18)11-12-28(16)23(30)10-6-19-5-7-20(24)13-22(19)26-17(2)29;/h3-10,13,16H,11-12,14-15H2,1-2H3,(H,26,29);1H/t16-;/m1./s1. The van der Waals surface area contributed by atoms with Crippen LogP contribution in [0, 0.1) is 5.82 Å². The number of anilines is 1. The van der Waals surface area contributed by atoms with Crippen molar-refractivity contribution in [2.75, 3.05) is 25.0 Å². The number of hydrogen-bond acceptors (Lipinski definition) is 3. The smallest absolute Gasteiger partial charge is 0.246 e. The molecule has 1 atom stereocenters. The molecule has 0 aromatic heterocycles. The molecule has 1 aliphatic heterocycles. The van der Waals surface area contributed by atoms with E-state index in [2.05, 4.69) is 10.2 Å². The van der Waals surface area contributed by atoms with Crippen molar-refractivity contribution < 1.29 is 14.0 Å². The maximum Gasteiger partial charge on any atom is 0.246 e. The Morgan fingerprint density at radius 2 is 1.90 bits per heavy atom. The summed E-state index contributed by atoms with van der Waals surface area (Å²) in [6.07, 6.45) is 3.22. The van der Waals surface area contributed by atoms with Crippen LogP contribution in [0.4, 0.5) is 10.1 Å². The number of carbonyl (C=O) groups is 2. The molecule has 8 heteroatoms. The number of halogens is 3. The minimum absolute atomic E-state index is 0. The average Bonchev–Trinajstić information content (AvgIpc) is 2.68. The van der Waals surface area contributed by atoms with Crippen LogP contribution in [0.2, 0.25) is 5.02 Å². The van der Waals surface area contributed by atoms with Gasteiger partial charge in [-0.25, -0.2) is 4.39 Å². The fourth-order valence-corrected chi connectivity index (χ4v) is 3.75. The summed E-state index contributed by atoms with van der Waals surface area (Å²) in [5.41, 5.74) is 2.33. The van der Waals surface area contributed by atoms with Crippen molar-refractivity contribution >= 4 is 47.6 Å². The second-order valence-electron chi connectivity index (χ2n) is 7.49. The van der Waals surface area contributed by atoms with Crippen molar-refractivity contribution in [2.24, 2.45) is 0 Å². The molecule has 2 amide bonds. The molecule has 1 saturated heterocycles. The van der Waals surface area contributed by atoms with E-state index >= 15 is 0 Å². The van der Waals surface area contributed by atoms with Crippen LogP contribution in [0.25, 0.3) is 6.08 Å². The molecule has 0 saturated carbocycles. The summed E-state index contributed by atoms with van der Waals surface area (Å²) in [6, 6.07) is 11.7. The lowest BCUT2D eigenvalue weighted by molar-refractivity contribution is -0.130. The van der Waals surface area contributed by atoms with E-state index in [0.29, 0.717) is 22.8 Å². The summed E-state index contributed by atoms with van der Waals surface area (Å²) in [4.78, 5) is 28.3. The molecule has 5 nitrogen and oxygen atoms in total. The zero-order valence-electron chi connectivity index (χ0n) is 17.5. The Labute approximate surface area is 193 Å². The summed E-state index contributed by atoms with van der Waals surface area (Å²) in [7, 11) is 0. The molecule has 31 heavy (non-hydrogen) atoms. The van der Waals surface area contributed by atoms with Crippen molar-refractivity contribution in [3.05, 3.63) is 70.5 Å². The highest BCUT2D eigenvalue weighted by Crippen LogP contribution is 2.23. The lowest BCUT2D eigenvalue weighted by Gasteiger charge is -2.39. The van der Waals surface area contributed by atoms with Crippen molar-refractivity contribution in [3.63, 3.8) is 0 Å². The molecule has 166 valence electrons. The first-order valence-electron chi connectivity index (χ1n) is 9.84. The molecule has 0 spiro atoms. The van der Waals surface area contributed by atoms with E-state index in [9.17, 15) is 14.0 Å². The number of piperazine rings is 1. The largest absolute Gasteiger partial charge is 0.334 e. The number of benzene rings is 2. The Morgan fingerprint density at radius 3 is 2.55 bits per heavy atom. The van der Waals surface area contributed by atoms with Crippen LogP contribution < -0.4 is 5.32 Å². The zero-order valence-corrected chi connectivity index (χ0v) is 19.0. The first-order chi connectivity index (χ1) is 14.3. The molecular formula is C23H26Cl2FN3O2. The number of nitrogens with one attached hydrogen (secondary N) is 1. The first kappa shape index (κ1) is 24.9. The van der Waals surface area contributed by atoms with E-state index in [4.69, 9.17) is 11.6 Å². The Balaban J connectivity index is 0.00000341. The number of nitrogens with zero attached hydrogens (tertiary/aromatic N) is 2. The topological polar surface area (TPSA) is 52.7 Å². The number of carbonyl (C=O) groups excluding carboxylic acids is 2. The van der Waals surface area contributed by atoms with E-state index in [-0.39, 0.29) is 36.1 Å². The van der Waals surface area contributed by atoms with Crippen LogP contribution in [-0.2, 0) is 16.1 Å². The van der Waals surface area contributed by atoms with Gasteiger partial charge in [-0.3, -0.25) is 14.5 Å². The maximum absolute atomic E-state index is 13.1. The average molecular weight is 466 g/mol. The van der Waals surface area contributed by atoms with Crippen LogP contribution in [0.1, 0.15) is 25.0 Å². The molecular weight excluding hydrogens is 440 g/mol. The molecule has 1 N–H and O–H groups in total.